The Morgan fingerprint density at radius 2 is 2.18 bits per heavy atom. The predicted molar refractivity (Wildman–Crippen MR) is 83.2 cm³/mol. The lowest BCUT2D eigenvalue weighted by Gasteiger charge is -2.26. The SMILES string of the molecule is CC(C)CN(CCC(=O)O)C(=O)C1Cc2cc(Cl)ccc2O1. The Kier molecular flexibility index (Phi) is 5.29. The number of ether oxygens (including phenoxy) is 1. The maximum atomic E-state index is 12.6. The van der Waals surface area contributed by atoms with Gasteiger partial charge in [-0.15, -0.1) is 0 Å². The molecule has 0 radical (unpaired) electrons. The average molecular weight is 326 g/mol. The van der Waals surface area contributed by atoms with E-state index in [0.717, 1.165) is 5.56 Å². The van der Waals surface area contributed by atoms with E-state index >= 15 is 0 Å². The Morgan fingerprint density at radius 3 is 2.82 bits per heavy atom. The van der Waals surface area contributed by atoms with Crippen LogP contribution in [0.4, 0.5) is 0 Å². The number of benzene rings is 1. The molecule has 1 aromatic carbocycles. The maximum absolute atomic E-state index is 12.6. The molecule has 2 rings (SSSR count). The van der Waals surface area contributed by atoms with E-state index in [-0.39, 0.29) is 24.8 Å². The van der Waals surface area contributed by atoms with Crippen LogP contribution in [0.25, 0.3) is 0 Å². The highest BCUT2D eigenvalue weighted by molar-refractivity contribution is 6.30. The summed E-state index contributed by atoms with van der Waals surface area (Å²) in [6, 6.07) is 5.28. The second kappa shape index (κ2) is 7.01. The number of hydrogen-bond donors (Lipinski definition) is 1. The Morgan fingerprint density at radius 1 is 1.45 bits per heavy atom. The first-order chi connectivity index (χ1) is 10.4. The summed E-state index contributed by atoms with van der Waals surface area (Å²) in [5.41, 5.74) is 0.911. The molecule has 1 aliphatic heterocycles. The van der Waals surface area contributed by atoms with Crippen molar-refractivity contribution in [2.75, 3.05) is 13.1 Å². The second-order valence-corrected chi connectivity index (χ2v) is 6.32. The fourth-order valence-corrected chi connectivity index (χ4v) is 2.72. The van der Waals surface area contributed by atoms with Crippen molar-refractivity contribution in [3.63, 3.8) is 0 Å². The van der Waals surface area contributed by atoms with Crippen LogP contribution in [0, 0.1) is 5.92 Å². The van der Waals surface area contributed by atoms with Gasteiger partial charge in [-0.25, -0.2) is 0 Å². The van der Waals surface area contributed by atoms with Crippen LogP contribution in [-0.4, -0.2) is 41.1 Å². The summed E-state index contributed by atoms with van der Waals surface area (Å²) in [5, 5.41) is 9.44. The van der Waals surface area contributed by atoms with E-state index in [1.54, 1.807) is 23.1 Å². The predicted octanol–water partition coefficient (Wildman–Crippen LogP) is 2.60. The minimum atomic E-state index is -0.913. The number of fused-ring (bicyclic) bond motifs is 1. The molecule has 0 spiro atoms. The Hall–Kier alpha value is -1.75. The van der Waals surface area contributed by atoms with Gasteiger partial charge in [0, 0.05) is 24.5 Å². The Balaban J connectivity index is 2.06. The third kappa shape index (κ3) is 4.13. The lowest BCUT2D eigenvalue weighted by atomic mass is 10.1. The third-order valence-electron chi connectivity index (χ3n) is 3.47. The number of carbonyl (C=O) groups excluding carboxylic acids is 1. The molecule has 1 N–H and O–H groups in total. The third-order valence-corrected chi connectivity index (χ3v) is 3.70. The molecule has 0 fully saturated rings. The number of rotatable bonds is 6. The van der Waals surface area contributed by atoms with Crippen molar-refractivity contribution in [3.8, 4) is 5.75 Å². The minimum absolute atomic E-state index is 0.0655. The van der Waals surface area contributed by atoms with Crippen molar-refractivity contribution in [2.45, 2.75) is 32.8 Å². The summed E-state index contributed by atoms with van der Waals surface area (Å²) in [6.07, 6.45) is -0.193. The fourth-order valence-electron chi connectivity index (χ4n) is 2.52. The summed E-state index contributed by atoms with van der Waals surface area (Å²) in [7, 11) is 0. The molecule has 120 valence electrons. The molecule has 0 aromatic heterocycles. The lowest BCUT2D eigenvalue weighted by Crippen LogP contribution is -2.44. The van der Waals surface area contributed by atoms with Gasteiger partial charge in [-0.3, -0.25) is 9.59 Å². The van der Waals surface area contributed by atoms with Crippen molar-refractivity contribution in [1.29, 1.82) is 0 Å². The molecule has 0 bridgehead atoms. The van der Waals surface area contributed by atoms with Crippen molar-refractivity contribution in [2.24, 2.45) is 5.92 Å². The highest BCUT2D eigenvalue weighted by Gasteiger charge is 2.32. The largest absolute Gasteiger partial charge is 0.481 e. The normalized spacial score (nSPS) is 16.3. The first kappa shape index (κ1) is 16.6. The van der Waals surface area contributed by atoms with Crippen LogP contribution in [0.2, 0.25) is 5.02 Å². The number of amides is 1. The smallest absolute Gasteiger partial charge is 0.305 e. The zero-order chi connectivity index (χ0) is 16.3. The molecule has 1 amide bonds. The fraction of sp³-hybridized carbons (Fsp3) is 0.500. The van der Waals surface area contributed by atoms with Gasteiger partial charge < -0.3 is 14.7 Å². The van der Waals surface area contributed by atoms with Crippen LogP contribution >= 0.6 is 11.6 Å². The molecule has 1 atom stereocenters. The second-order valence-electron chi connectivity index (χ2n) is 5.88. The van der Waals surface area contributed by atoms with Crippen molar-refractivity contribution in [3.05, 3.63) is 28.8 Å². The van der Waals surface area contributed by atoms with E-state index in [0.29, 0.717) is 23.7 Å². The van der Waals surface area contributed by atoms with Gasteiger partial charge in [0.1, 0.15) is 5.75 Å². The molecular formula is C16H20ClNO4. The molecule has 1 unspecified atom stereocenters. The van der Waals surface area contributed by atoms with E-state index in [9.17, 15) is 9.59 Å². The van der Waals surface area contributed by atoms with E-state index < -0.39 is 12.1 Å². The molecule has 22 heavy (non-hydrogen) atoms. The molecule has 0 aliphatic carbocycles. The van der Waals surface area contributed by atoms with E-state index in [2.05, 4.69) is 0 Å². The van der Waals surface area contributed by atoms with Gasteiger partial charge in [0.25, 0.3) is 5.91 Å². The van der Waals surface area contributed by atoms with Crippen molar-refractivity contribution >= 4 is 23.5 Å². The molecule has 6 heteroatoms. The topological polar surface area (TPSA) is 66.8 Å². The van der Waals surface area contributed by atoms with E-state index in [1.165, 1.54) is 0 Å². The monoisotopic (exact) mass is 325 g/mol. The standard InChI is InChI=1S/C16H20ClNO4/c1-10(2)9-18(6-5-15(19)20)16(21)14-8-11-7-12(17)3-4-13(11)22-14/h3-4,7,10,14H,5-6,8-9H2,1-2H3,(H,19,20). The summed E-state index contributed by atoms with van der Waals surface area (Å²) in [4.78, 5) is 25.0. The quantitative estimate of drug-likeness (QED) is 0.873. The Bertz CT molecular complexity index is 573. The number of halogens is 1. The Labute approximate surface area is 134 Å². The van der Waals surface area contributed by atoms with Gasteiger partial charge >= 0.3 is 5.97 Å². The summed E-state index contributed by atoms with van der Waals surface area (Å²) in [6.45, 7) is 4.70. The molecule has 1 aromatic rings. The number of carbonyl (C=O) groups is 2. The van der Waals surface area contributed by atoms with Crippen LogP contribution < -0.4 is 4.74 Å². The van der Waals surface area contributed by atoms with Gasteiger partial charge in [-0.05, 0) is 29.7 Å². The first-order valence-electron chi connectivity index (χ1n) is 7.32. The maximum Gasteiger partial charge on any atom is 0.305 e. The summed E-state index contributed by atoms with van der Waals surface area (Å²) in [5.74, 6) is -0.146. The zero-order valence-electron chi connectivity index (χ0n) is 12.7. The summed E-state index contributed by atoms with van der Waals surface area (Å²) >= 11 is 5.95. The number of hydrogen-bond acceptors (Lipinski definition) is 3. The number of nitrogens with zero attached hydrogens (tertiary/aromatic N) is 1. The highest BCUT2D eigenvalue weighted by atomic mass is 35.5. The number of aliphatic carboxylic acids is 1. The molecular weight excluding hydrogens is 306 g/mol. The molecule has 5 nitrogen and oxygen atoms in total. The van der Waals surface area contributed by atoms with Crippen LogP contribution in [0.15, 0.2) is 18.2 Å². The van der Waals surface area contributed by atoms with Crippen molar-refractivity contribution < 1.29 is 19.4 Å². The van der Waals surface area contributed by atoms with Crippen LogP contribution in [0.5, 0.6) is 5.75 Å². The van der Waals surface area contributed by atoms with Gasteiger partial charge in [0.05, 0.1) is 6.42 Å². The lowest BCUT2D eigenvalue weighted by molar-refractivity contribution is -0.141. The molecule has 1 aliphatic rings. The minimum Gasteiger partial charge on any atom is -0.481 e. The number of carboxylic acid groups (broad SMARTS) is 1. The molecule has 1 heterocycles. The molecule has 0 saturated carbocycles. The van der Waals surface area contributed by atoms with Crippen LogP contribution in [-0.2, 0) is 16.0 Å². The van der Waals surface area contributed by atoms with Gasteiger partial charge in [-0.2, -0.15) is 0 Å². The average Bonchev–Trinajstić information content (AvgIpc) is 2.85. The van der Waals surface area contributed by atoms with Gasteiger partial charge in [0.15, 0.2) is 6.10 Å². The number of carboxylic acids is 1. The highest BCUT2D eigenvalue weighted by Crippen LogP contribution is 2.31. The van der Waals surface area contributed by atoms with Gasteiger partial charge in [-0.1, -0.05) is 25.4 Å². The summed E-state index contributed by atoms with van der Waals surface area (Å²) < 4.78 is 5.70. The molecule has 0 saturated heterocycles. The van der Waals surface area contributed by atoms with Crippen LogP contribution in [0.1, 0.15) is 25.8 Å². The van der Waals surface area contributed by atoms with Crippen molar-refractivity contribution in [1.82, 2.24) is 4.90 Å². The van der Waals surface area contributed by atoms with Gasteiger partial charge in [0.2, 0.25) is 0 Å². The van der Waals surface area contributed by atoms with E-state index in [1.807, 2.05) is 13.8 Å². The van der Waals surface area contributed by atoms with Crippen LogP contribution in [0.3, 0.4) is 0 Å². The van der Waals surface area contributed by atoms with E-state index in [4.69, 9.17) is 21.4 Å². The first-order valence-corrected chi connectivity index (χ1v) is 7.70. The zero-order valence-corrected chi connectivity index (χ0v) is 13.5.